The zero-order valence-corrected chi connectivity index (χ0v) is 42.8. The molecule has 0 saturated heterocycles. The lowest BCUT2D eigenvalue weighted by molar-refractivity contribution is 0.460. The molecule has 0 spiro atoms. The number of hydrogen-bond donors (Lipinski definition) is 1. The molecule has 2 aromatic heterocycles. The monoisotopic (exact) mass is 1040 g/mol. The fraction of sp³-hybridized carbons (Fsp3) is 0.0137. The molecule has 2 heterocycles. The summed E-state index contributed by atoms with van der Waals surface area (Å²) in [7, 11) is 0. The molecule has 0 atom stereocenters. The minimum Gasteiger partial charge on any atom is -0.508 e. The normalized spacial score (nSPS) is 10.8. The van der Waals surface area contributed by atoms with Crippen molar-refractivity contribution >= 4 is 43.6 Å². The Labute approximate surface area is 464 Å². The highest BCUT2D eigenvalue weighted by Gasteiger charge is 2.14. The van der Waals surface area contributed by atoms with Crippen LogP contribution in [0.3, 0.4) is 0 Å². The van der Waals surface area contributed by atoms with Gasteiger partial charge in [-0.3, -0.25) is 0 Å². The molecule has 0 saturated carbocycles. The van der Waals surface area contributed by atoms with E-state index < -0.39 is 0 Å². The van der Waals surface area contributed by atoms with Crippen LogP contribution < -0.4 is 14.2 Å². The molecule has 0 aliphatic carbocycles. The third-order valence-corrected chi connectivity index (χ3v) is 13.6. The number of aromatic nitrogens is 2. The van der Waals surface area contributed by atoms with Gasteiger partial charge in [-0.1, -0.05) is 177 Å². The summed E-state index contributed by atoms with van der Waals surface area (Å²) in [5, 5.41) is 14.5. The molecule has 0 aliphatic rings. The Kier molecular flexibility index (Phi) is 15.3. The van der Waals surface area contributed by atoms with Gasteiger partial charge in [0.05, 0.1) is 22.1 Å². The minimum absolute atomic E-state index is 0. The van der Waals surface area contributed by atoms with E-state index in [0.29, 0.717) is 11.5 Å². The van der Waals surface area contributed by atoms with Gasteiger partial charge in [0, 0.05) is 45.1 Å². The van der Waals surface area contributed by atoms with E-state index in [1.165, 1.54) is 55.7 Å². The molecule has 80 heavy (non-hydrogen) atoms. The number of nitrogens with zero attached hydrogens (tertiary/aromatic N) is 2. The van der Waals surface area contributed by atoms with Gasteiger partial charge in [-0.05, 0) is 144 Å². The van der Waals surface area contributed by atoms with E-state index in [2.05, 4.69) is 167 Å². The summed E-state index contributed by atoms with van der Waals surface area (Å²) in [4.78, 5) is 0. The first-order valence-electron chi connectivity index (χ1n) is 26.0. The summed E-state index contributed by atoms with van der Waals surface area (Å²) in [6, 6.07) is 99.8. The van der Waals surface area contributed by atoms with Gasteiger partial charge < -0.3 is 28.5 Å². The van der Waals surface area contributed by atoms with Crippen molar-refractivity contribution in [2.75, 3.05) is 0 Å². The highest BCUT2D eigenvalue weighted by atomic mass is 19.1. The topological polar surface area (TPSA) is 57.8 Å². The number of hydrogen-bond acceptors (Lipinski definition) is 4. The maximum absolute atomic E-state index is 12.8. The Morgan fingerprint density at radius 2 is 0.550 bits per heavy atom. The smallest absolute Gasteiger partial charge is 0.131 e. The van der Waals surface area contributed by atoms with E-state index in [4.69, 9.17) is 14.2 Å². The van der Waals surface area contributed by atoms with Crippen molar-refractivity contribution in [3.63, 3.8) is 0 Å². The Morgan fingerprint density at radius 3 is 0.925 bits per heavy atom. The maximum atomic E-state index is 12.8. The minimum atomic E-state index is -0.293. The zero-order chi connectivity index (χ0) is 53.3. The third kappa shape index (κ3) is 11.4. The van der Waals surface area contributed by atoms with Crippen LogP contribution in [0.25, 0.3) is 77.2 Å². The Balaban J connectivity index is 0.000000141. The predicted molar refractivity (Wildman–Crippen MR) is 327 cm³/mol. The van der Waals surface area contributed by atoms with E-state index >= 15 is 0 Å². The molecule has 14 rings (SSSR count). The van der Waals surface area contributed by atoms with Crippen molar-refractivity contribution in [2.24, 2.45) is 0 Å². The van der Waals surface area contributed by atoms with Crippen LogP contribution in [0.5, 0.6) is 40.2 Å². The predicted octanol–water partition coefficient (Wildman–Crippen LogP) is 20.4. The molecule has 0 amide bonds. The van der Waals surface area contributed by atoms with Crippen LogP contribution in [-0.4, -0.2) is 14.2 Å². The van der Waals surface area contributed by atoms with E-state index in [1.807, 2.05) is 109 Å². The van der Waals surface area contributed by atoms with Crippen molar-refractivity contribution in [3.8, 4) is 73.9 Å². The highest BCUT2D eigenvalue weighted by Crippen LogP contribution is 2.36. The standard InChI is InChI=1S/C36H25NO2.C24H17NO.C12H9FO.CH4/c1-2-9-29(10-3-1)38-31-11-8-12-32(25-31)39-30-23-19-27(20-24-30)26-17-21-28(22-18-26)37-35-15-6-4-13-33(35)34-14-5-7-16-36(34)37;26-20-15-11-18(12-16-20)17-9-13-19(14-10-17)25-23-7-3-1-5-21(23)22-6-2-4-8-24(22)25;13-10-5-4-8-12(9-10)14-11-6-2-1-3-7-11;/h1-25H;1-16,26H;1-9H;1H4. The SMILES string of the molecule is C.Fc1cccc(Oc2ccccc2)c1.Oc1ccc(-c2ccc(-n3c4ccccc4c4ccccc43)cc2)cc1.c1ccc(Oc2cccc(Oc3ccc(-c4ccc(-n5c6ccccc6c6ccccc65)cc4)cc3)c2)cc1. The first-order chi connectivity index (χ1) is 39.0. The fourth-order valence-corrected chi connectivity index (χ4v) is 9.89. The molecule has 0 bridgehead atoms. The molecule has 6 nitrogen and oxygen atoms in total. The quantitative estimate of drug-likeness (QED) is 0.148. The van der Waals surface area contributed by atoms with Crippen LogP contribution in [0.2, 0.25) is 0 Å². The van der Waals surface area contributed by atoms with Crippen molar-refractivity contribution in [3.05, 3.63) is 309 Å². The van der Waals surface area contributed by atoms with E-state index in [9.17, 15) is 9.50 Å². The van der Waals surface area contributed by atoms with Gasteiger partial charge >= 0.3 is 0 Å². The Bertz CT molecular complexity index is 4220. The van der Waals surface area contributed by atoms with Crippen LogP contribution >= 0.6 is 0 Å². The number of para-hydroxylation sites is 6. The number of rotatable bonds is 10. The van der Waals surface area contributed by atoms with Crippen molar-refractivity contribution in [2.45, 2.75) is 7.43 Å². The van der Waals surface area contributed by atoms with Gasteiger partial charge in [0.15, 0.2) is 0 Å². The van der Waals surface area contributed by atoms with E-state index in [-0.39, 0.29) is 19.0 Å². The molecule has 388 valence electrons. The molecule has 1 N–H and O–H groups in total. The summed E-state index contributed by atoms with van der Waals surface area (Å²) >= 11 is 0. The summed E-state index contributed by atoms with van der Waals surface area (Å²) in [5.74, 6) is 4.24. The number of phenolic OH excluding ortho intramolecular Hbond substituents is 1. The second-order valence-electron chi connectivity index (χ2n) is 18.8. The largest absolute Gasteiger partial charge is 0.508 e. The molecule has 0 aliphatic heterocycles. The lowest BCUT2D eigenvalue weighted by Crippen LogP contribution is -1.93. The van der Waals surface area contributed by atoms with Crippen LogP contribution in [0.15, 0.2) is 303 Å². The van der Waals surface area contributed by atoms with Crippen molar-refractivity contribution < 1.29 is 23.7 Å². The average Bonchev–Trinajstić information content (AvgIpc) is 4.24. The molecular formula is C73H55FN2O4. The van der Waals surface area contributed by atoms with Crippen LogP contribution in [0.1, 0.15) is 7.43 Å². The van der Waals surface area contributed by atoms with Crippen LogP contribution in [0, 0.1) is 5.82 Å². The van der Waals surface area contributed by atoms with Crippen molar-refractivity contribution in [1.82, 2.24) is 9.13 Å². The van der Waals surface area contributed by atoms with Gasteiger partial charge in [-0.2, -0.15) is 0 Å². The average molecular weight is 1040 g/mol. The fourth-order valence-electron chi connectivity index (χ4n) is 9.89. The summed E-state index contributed by atoms with van der Waals surface area (Å²) in [6.45, 7) is 0. The molecule has 0 unspecified atom stereocenters. The first-order valence-corrected chi connectivity index (χ1v) is 26.0. The molecule has 0 fully saturated rings. The molecule has 14 aromatic rings. The van der Waals surface area contributed by atoms with Gasteiger partial charge in [-0.15, -0.1) is 0 Å². The molecular weight excluding hydrogens is 988 g/mol. The van der Waals surface area contributed by atoms with Gasteiger partial charge in [-0.25, -0.2) is 4.39 Å². The van der Waals surface area contributed by atoms with Gasteiger partial charge in [0.2, 0.25) is 0 Å². The lowest BCUT2D eigenvalue weighted by atomic mass is 10.1. The Hall–Kier alpha value is -10.6. The second kappa shape index (κ2) is 23.7. The highest BCUT2D eigenvalue weighted by molar-refractivity contribution is 6.10. The summed E-state index contributed by atoms with van der Waals surface area (Å²) in [6.07, 6.45) is 0. The summed E-state index contributed by atoms with van der Waals surface area (Å²) in [5.41, 5.74) is 11.7. The maximum Gasteiger partial charge on any atom is 0.131 e. The van der Waals surface area contributed by atoms with E-state index in [1.54, 1.807) is 24.3 Å². The lowest BCUT2D eigenvalue weighted by Gasteiger charge is -2.11. The van der Waals surface area contributed by atoms with Gasteiger partial charge in [0.25, 0.3) is 0 Å². The number of benzene rings is 12. The Morgan fingerprint density at radius 1 is 0.263 bits per heavy atom. The second-order valence-corrected chi connectivity index (χ2v) is 18.8. The number of fused-ring (bicyclic) bond motifs is 6. The molecule has 7 heteroatoms. The van der Waals surface area contributed by atoms with Gasteiger partial charge in [0.1, 0.15) is 46.1 Å². The molecule has 0 radical (unpaired) electrons. The third-order valence-electron chi connectivity index (χ3n) is 13.6. The van der Waals surface area contributed by atoms with Crippen molar-refractivity contribution in [1.29, 1.82) is 0 Å². The number of halogens is 1. The zero-order valence-electron chi connectivity index (χ0n) is 42.8. The number of phenols is 1. The van der Waals surface area contributed by atoms with E-state index in [0.717, 1.165) is 56.6 Å². The van der Waals surface area contributed by atoms with Crippen LogP contribution in [0.4, 0.5) is 4.39 Å². The van der Waals surface area contributed by atoms with Crippen LogP contribution in [-0.2, 0) is 0 Å². The molecule has 12 aromatic carbocycles. The summed E-state index contributed by atoms with van der Waals surface area (Å²) < 4.78 is 34.9. The number of aromatic hydroxyl groups is 1. The first kappa shape index (κ1) is 51.5. The number of ether oxygens (including phenoxy) is 3.